The van der Waals surface area contributed by atoms with Gasteiger partial charge in [-0.3, -0.25) is 4.90 Å². The van der Waals surface area contributed by atoms with Crippen LogP contribution < -0.4 is 0 Å². The molecule has 0 radical (unpaired) electrons. The molecule has 6 rings (SSSR count). The Morgan fingerprint density at radius 1 is 0.500 bits per heavy atom. The monoisotopic (exact) mass is 449 g/mol. The third-order valence-electron chi connectivity index (χ3n) is 6.73. The quantitative estimate of drug-likeness (QED) is 0.374. The Morgan fingerprint density at radius 2 is 0.794 bits per heavy atom. The normalized spacial score (nSPS) is 12.0. The first-order valence-corrected chi connectivity index (χ1v) is 11.5. The molecule has 0 atom stereocenters. The highest BCUT2D eigenvalue weighted by Gasteiger charge is 2.19. The fraction of sp³-hybridized carbons (Fsp3) is 0.222. The highest BCUT2D eigenvalue weighted by Crippen LogP contribution is 2.22. The first-order valence-electron chi connectivity index (χ1n) is 11.5. The minimum Gasteiger partial charge on any atom is -0.330 e. The van der Waals surface area contributed by atoms with Crippen molar-refractivity contribution in [2.45, 2.75) is 19.6 Å². The second-order valence-corrected chi connectivity index (χ2v) is 8.87. The average Bonchev–Trinajstić information content (AvgIpc) is 3.46. The van der Waals surface area contributed by atoms with E-state index >= 15 is 0 Å². The van der Waals surface area contributed by atoms with E-state index in [1.807, 2.05) is 18.2 Å². The van der Waals surface area contributed by atoms with Crippen LogP contribution in [0.1, 0.15) is 17.5 Å². The zero-order valence-electron chi connectivity index (χ0n) is 19.7. The van der Waals surface area contributed by atoms with E-state index in [1.54, 1.807) is 0 Å². The fourth-order valence-corrected chi connectivity index (χ4v) is 4.78. The summed E-state index contributed by atoms with van der Waals surface area (Å²) in [4.78, 5) is 17.2. The van der Waals surface area contributed by atoms with Crippen molar-refractivity contribution in [2.24, 2.45) is 21.1 Å². The van der Waals surface area contributed by atoms with Crippen molar-refractivity contribution in [3.05, 3.63) is 90.3 Å². The second kappa shape index (κ2) is 8.11. The van der Waals surface area contributed by atoms with Crippen molar-refractivity contribution in [1.29, 1.82) is 0 Å². The molecule has 0 aliphatic heterocycles. The van der Waals surface area contributed by atoms with E-state index in [9.17, 15) is 0 Å². The number of imidazole rings is 3. The number of fused-ring (bicyclic) bond motifs is 3. The summed E-state index contributed by atoms with van der Waals surface area (Å²) in [6, 6.07) is 24.9. The highest BCUT2D eigenvalue weighted by atomic mass is 15.2. The van der Waals surface area contributed by atoms with E-state index in [0.717, 1.165) is 50.6 Å². The molecular weight excluding hydrogens is 422 g/mol. The zero-order chi connectivity index (χ0) is 23.2. The largest absolute Gasteiger partial charge is 0.330 e. The van der Waals surface area contributed by atoms with Crippen molar-refractivity contribution in [3.8, 4) is 0 Å². The predicted octanol–water partition coefficient (Wildman–Crippen LogP) is 4.55. The van der Waals surface area contributed by atoms with Crippen molar-refractivity contribution >= 4 is 33.1 Å². The molecule has 0 amide bonds. The zero-order valence-corrected chi connectivity index (χ0v) is 19.7. The van der Waals surface area contributed by atoms with Gasteiger partial charge in [0.15, 0.2) is 0 Å². The molecule has 3 aromatic heterocycles. The highest BCUT2D eigenvalue weighted by molar-refractivity contribution is 5.77. The molecule has 0 N–H and O–H groups in total. The summed E-state index contributed by atoms with van der Waals surface area (Å²) in [5.41, 5.74) is 6.48. The van der Waals surface area contributed by atoms with Gasteiger partial charge in [0.25, 0.3) is 0 Å². The third kappa shape index (κ3) is 3.45. The number of aryl methyl sites for hydroxylation is 3. The standard InChI is InChI=1S/C27H27N7/c1-31-22-13-7-4-10-19(22)28-25(31)16-34(17-26-29-20-11-5-8-14-23(20)32(26)2)18-27-30-21-12-6-9-15-24(21)33(27)3/h4-15H,16-18H2,1-3H3. The Bertz CT molecular complexity index is 1440. The van der Waals surface area contributed by atoms with Gasteiger partial charge < -0.3 is 13.7 Å². The fourth-order valence-electron chi connectivity index (χ4n) is 4.78. The van der Waals surface area contributed by atoms with Crippen molar-refractivity contribution < 1.29 is 0 Å². The van der Waals surface area contributed by atoms with Crippen LogP contribution in [0.25, 0.3) is 33.1 Å². The molecule has 7 nitrogen and oxygen atoms in total. The Hall–Kier alpha value is -3.97. The molecule has 0 aliphatic carbocycles. The van der Waals surface area contributed by atoms with Crippen molar-refractivity contribution in [1.82, 2.24) is 33.6 Å². The van der Waals surface area contributed by atoms with Crippen LogP contribution in [0.5, 0.6) is 0 Å². The minimum absolute atomic E-state index is 0.692. The Balaban J connectivity index is 1.39. The van der Waals surface area contributed by atoms with Crippen LogP contribution in [0.15, 0.2) is 72.8 Å². The lowest BCUT2D eigenvalue weighted by Gasteiger charge is -2.21. The summed E-state index contributed by atoms with van der Waals surface area (Å²) in [6.45, 7) is 2.08. The molecule has 0 saturated heterocycles. The number of hydrogen-bond donors (Lipinski definition) is 0. The third-order valence-corrected chi connectivity index (χ3v) is 6.73. The molecule has 0 fully saturated rings. The summed E-state index contributed by atoms with van der Waals surface area (Å²) >= 11 is 0. The van der Waals surface area contributed by atoms with Gasteiger partial charge in [-0.2, -0.15) is 0 Å². The van der Waals surface area contributed by atoms with Gasteiger partial charge in [-0.05, 0) is 36.4 Å². The Morgan fingerprint density at radius 3 is 1.09 bits per heavy atom. The van der Waals surface area contributed by atoms with E-state index in [4.69, 9.17) is 15.0 Å². The smallest absolute Gasteiger partial charge is 0.123 e. The van der Waals surface area contributed by atoms with Gasteiger partial charge in [0.05, 0.1) is 52.7 Å². The van der Waals surface area contributed by atoms with Gasteiger partial charge in [0.2, 0.25) is 0 Å². The van der Waals surface area contributed by atoms with Gasteiger partial charge >= 0.3 is 0 Å². The maximum Gasteiger partial charge on any atom is 0.123 e. The Labute approximate surface area is 197 Å². The summed E-state index contributed by atoms with van der Waals surface area (Å²) in [5.74, 6) is 3.08. The van der Waals surface area contributed by atoms with E-state index in [0.29, 0.717) is 19.6 Å². The van der Waals surface area contributed by atoms with E-state index in [2.05, 4.69) is 94.3 Å². The van der Waals surface area contributed by atoms with Crippen molar-refractivity contribution in [2.75, 3.05) is 0 Å². The molecule has 6 aromatic rings. The number of aromatic nitrogens is 6. The van der Waals surface area contributed by atoms with E-state index < -0.39 is 0 Å². The first-order chi connectivity index (χ1) is 16.6. The van der Waals surface area contributed by atoms with Crippen LogP contribution in [-0.2, 0) is 40.8 Å². The van der Waals surface area contributed by atoms with Crippen LogP contribution in [0, 0.1) is 0 Å². The van der Waals surface area contributed by atoms with Gasteiger partial charge in [-0.25, -0.2) is 15.0 Å². The molecule has 170 valence electrons. The SMILES string of the molecule is Cn1c(CN(Cc2nc3ccccc3n2C)Cc2nc3ccccc3n2C)nc2ccccc21. The first kappa shape index (κ1) is 20.6. The number of hydrogen-bond acceptors (Lipinski definition) is 4. The summed E-state index contributed by atoms with van der Waals surface area (Å²) in [7, 11) is 6.27. The lowest BCUT2D eigenvalue weighted by molar-refractivity contribution is 0.224. The maximum atomic E-state index is 4.93. The second-order valence-electron chi connectivity index (χ2n) is 8.87. The number of benzene rings is 3. The van der Waals surface area contributed by atoms with Gasteiger partial charge in [-0.15, -0.1) is 0 Å². The van der Waals surface area contributed by atoms with Crippen molar-refractivity contribution in [3.63, 3.8) is 0 Å². The minimum atomic E-state index is 0.692. The molecule has 3 aromatic carbocycles. The number of nitrogens with zero attached hydrogens (tertiary/aromatic N) is 7. The molecule has 0 spiro atoms. The molecule has 0 bridgehead atoms. The molecular formula is C27H27N7. The summed E-state index contributed by atoms with van der Waals surface area (Å²) in [6.07, 6.45) is 0. The average molecular weight is 450 g/mol. The number of rotatable bonds is 6. The molecule has 0 saturated carbocycles. The molecule has 0 aliphatic rings. The topological polar surface area (TPSA) is 56.7 Å². The number of para-hydroxylation sites is 6. The Kier molecular flexibility index (Phi) is 4.92. The van der Waals surface area contributed by atoms with Gasteiger partial charge in [0.1, 0.15) is 17.5 Å². The maximum absolute atomic E-state index is 4.93. The molecule has 34 heavy (non-hydrogen) atoms. The molecule has 0 unspecified atom stereocenters. The van der Waals surface area contributed by atoms with Gasteiger partial charge in [-0.1, -0.05) is 36.4 Å². The van der Waals surface area contributed by atoms with E-state index in [1.165, 1.54) is 0 Å². The molecule has 7 heteroatoms. The van der Waals surface area contributed by atoms with E-state index in [-0.39, 0.29) is 0 Å². The predicted molar refractivity (Wildman–Crippen MR) is 135 cm³/mol. The van der Waals surface area contributed by atoms with Crippen LogP contribution in [-0.4, -0.2) is 33.6 Å². The lowest BCUT2D eigenvalue weighted by atomic mass is 10.3. The summed E-state index contributed by atoms with van der Waals surface area (Å²) in [5, 5.41) is 0. The van der Waals surface area contributed by atoms with Crippen LogP contribution >= 0.6 is 0 Å². The van der Waals surface area contributed by atoms with Gasteiger partial charge in [0, 0.05) is 21.1 Å². The summed E-state index contributed by atoms with van der Waals surface area (Å²) < 4.78 is 6.56. The van der Waals surface area contributed by atoms with Crippen LogP contribution in [0.4, 0.5) is 0 Å². The lowest BCUT2D eigenvalue weighted by Crippen LogP contribution is -2.27. The molecule has 3 heterocycles. The van der Waals surface area contributed by atoms with Crippen LogP contribution in [0.3, 0.4) is 0 Å². The van der Waals surface area contributed by atoms with Crippen LogP contribution in [0.2, 0.25) is 0 Å².